The number of para-hydroxylation sites is 2. The Labute approximate surface area is 274 Å². The van der Waals surface area contributed by atoms with E-state index in [9.17, 15) is 19.5 Å². The molecule has 47 heavy (non-hydrogen) atoms. The van der Waals surface area contributed by atoms with E-state index in [2.05, 4.69) is 12.1 Å². The number of carbonyl (C=O) groups is 3. The molecule has 0 bridgehead atoms. The minimum absolute atomic E-state index is 0.105. The molecule has 0 spiro atoms. The van der Waals surface area contributed by atoms with Gasteiger partial charge in [-0.2, -0.15) is 0 Å². The Kier molecular flexibility index (Phi) is 7.85. The molecule has 7 rings (SSSR count). The first kappa shape index (κ1) is 30.0. The molecule has 0 radical (unpaired) electrons. The van der Waals surface area contributed by atoms with Crippen LogP contribution in [0.4, 0.5) is 16.2 Å². The fraction of sp³-hybridized carbons (Fsp3) is 0.205. The lowest BCUT2D eigenvalue weighted by Crippen LogP contribution is -2.37. The number of nitrogens with zero attached hydrogens (tertiary/aromatic N) is 4. The quantitative estimate of drug-likeness (QED) is 0.224. The molecular formula is C39H36N4O4. The summed E-state index contributed by atoms with van der Waals surface area (Å²) in [7, 11) is 1.92. The molecule has 0 atom stereocenters. The van der Waals surface area contributed by atoms with Crippen LogP contribution in [-0.4, -0.2) is 50.5 Å². The van der Waals surface area contributed by atoms with Crippen LogP contribution in [0.5, 0.6) is 0 Å². The van der Waals surface area contributed by atoms with Gasteiger partial charge in [-0.3, -0.25) is 14.5 Å². The van der Waals surface area contributed by atoms with Crippen molar-refractivity contribution in [1.29, 1.82) is 0 Å². The van der Waals surface area contributed by atoms with Crippen molar-refractivity contribution in [3.63, 3.8) is 0 Å². The SMILES string of the molecule is Cc1c(C(=O)N(c2ccccc2)c2ccccc2)cc(-c2cc3c(cc2C(=O)N2CCc4ccccc4C2)CN(C(=O)O)CC3)n1C. The third-order valence-electron chi connectivity index (χ3n) is 9.54. The van der Waals surface area contributed by atoms with Crippen molar-refractivity contribution < 1.29 is 19.5 Å². The fourth-order valence-electron chi connectivity index (χ4n) is 6.83. The van der Waals surface area contributed by atoms with Gasteiger partial charge in [-0.15, -0.1) is 0 Å². The van der Waals surface area contributed by atoms with E-state index < -0.39 is 6.09 Å². The van der Waals surface area contributed by atoms with Gasteiger partial charge in [0.15, 0.2) is 0 Å². The first-order valence-corrected chi connectivity index (χ1v) is 15.9. The van der Waals surface area contributed by atoms with Gasteiger partial charge in [0.05, 0.1) is 5.56 Å². The topological polar surface area (TPSA) is 86.1 Å². The van der Waals surface area contributed by atoms with Gasteiger partial charge in [0, 0.05) is 67.1 Å². The van der Waals surface area contributed by atoms with Crippen molar-refractivity contribution in [1.82, 2.24) is 14.4 Å². The van der Waals surface area contributed by atoms with Gasteiger partial charge in [-0.1, -0.05) is 60.7 Å². The molecule has 3 heterocycles. The zero-order valence-corrected chi connectivity index (χ0v) is 26.5. The van der Waals surface area contributed by atoms with Gasteiger partial charge >= 0.3 is 6.09 Å². The van der Waals surface area contributed by atoms with E-state index in [-0.39, 0.29) is 18.4 Å². The number of hydrogen-bond donors (Lipinski definition) is 1. The van der Waals surface area contributed by atoms with Crippen molar-refractivity contribution in [3.8, 4) is 11.3 Å². The molecular weight excluding hydrogens is 588 g/mol. The third kappa shape index (κ3) is 5.56. The highest BCUT2D eigenvalue weighted by Crippen LogP contribution is 2.36. The summed E-state index contributed by atoms with van der Waals surface area (Å²) < 4.78 is 1.98. The molecule has 0 saturated carbocycles. The number of fused-ring (bicyclic) bond motifs is 2. The van der Waals surface area contributed by atoms with E-state index in [0.29, 0.717) is 37.2 Å². The normalized spacial score (nSPS) is 13.9. The summed E-state index contributed by atoms with van der Waals surface area (Å²) in [6, 6.07) is 33.2. The van der Waals surface area contributed by atoms with E-state index in [1.807, 2.05) is 114 Å². The molecule has 8 nitrogen and oxygen atoms in total. The van der Waals surface area contributed by atoms with Crippen LogP contribution in [0.15, 0.2) is 103 Å². The van der Waals surface area contributed by atoms with Crippen molar-refractivity contribution in [2.45, 2.75) is 32.9 Å². The smallest absolute Gasteiger partial charge is 0.407 e. The predicted octanol–water partition coefficient (Wildman–Crippen LogP) is 7.21. The average Bonchev–Trinajstić information content (AvgIpc) is 3.41. The zero-order valence-electron chi connectivity index (χ0n) is 26.5. The second-order valence-corrected chi connectivity index (χ2v) is 12.3. The highest BCUT2D eigenvalue weighted by atomic mass is 16.4. The summed E-state index contributed by atoms with van der Waals surface area (Å²) in [4.78, 5) is 45.7. The number of benzene rings is 4. The van der Waals surface area contributed by atoms with Crippen molar-refractivity contribution in [2.24, 2.45) is 7.05 Å². The van der Waals surface area contributed by atoms with E-state index in [1.165, 1.54) is 10.5 Å². The first-order valence-electron chi connectivity index (χ1n) is 15.9. The van der Waals surface area contributed by atoms with E-state index in [1.54, 1.807) is 4.90 Å². The van der Waals surface area contributed by atoms with Gasteiger partial charge in [-0.25, -0.2) is 4.79 Å². The Morgan fingerprint density at radius 3 is 1.89 bits per heavy atom. The van der Waals surface area contributed by atoms with Crippen LogP contribution < -0.4 is 4.90 Å². The Morgan fingerprint density at radius 2 is 1.23 bits per heavy atom. The molecule has 3 amide bonds. The minimum atomic E-state index is -0.970. The standard InChI is InChI=1S/C39H36N4O4/c1-26-33(38(45)43(31-13-5-3-6-14-31)32-15-7-4-8-16-32)23-36(40(26)2)34-21-28-18-20-42(39(46)47)25-30(28)22-35(34)37(44)41-19-17-27-11-9-10-12-29(27)24-41/h3-16,21-23H,17-20,24-25H2,1-2H3,(H,46,47). The number of anilines is 2. The molecule has 2 aliphatic rings. The summed E-state index contributed by atoms with van der Waals surface area (Å²) in [6.07, 6.45) is 0.347. The average molecular weight is 625 g/mol. The molecule has 1 N–H and O–H groups in total. The van der Waals surface area contributed by atoms with Crippen molar-refractivity contribution in [3.05, 3.63) is 142 Å². The van der Waals surface area contributed by atoms with E-state index >= 15 is 0 Å². The monoisotopic (exact) mass is 624 g/mol. The molecule has 2 aliphatic heterocycles. The molecule has 0 saturated heterocycles. The third-order valence-corrected chi connectivity index (χ3v) is 9.54. The van der Waals surface area contributed by atoms with Gasteiger partial charge < -0.3 is 19.5 Å². The van der Waals surface area contributed by atoms with Gasteiger partial charge in [0.2, 0.25) is 0 Å². The lowest BCUT2D eigenvalue weighted by Gasteiger charge is -2.31. The lowest BCUT2D eigenvalue weighted by atomic mass is 9.91. The number of carboxylic acid groups (broad SMARTS) is 1. The lowest BCUT2D eigenvalue weighted by molar-refractivity contribution is 0.0735. The second-order valence-electron chi connectivity index (χ2n) is 12.3. The summed E-state index contributed by atoms with van der Waals surface area (Å²) >= 11 is 0. The van der Waals surface area contributed by atoms with Crippen LogP contribution >= 0.6 is 0 Å². The molecule has 8 heteroatoms. The number of hydrogen-bond acceptors (Lipinski definition) is 3. The Hall–Kier alpha value is -5.63. The molecule has 0 unspecified atom stereocenters. The van der Waals surface area contributed by atoms with Crippen LogP contribution in [0, 0.1) is 6.92 Å². The second kappa shape index (κ2) is 12.3. The van der Waals surface area contributed by atoms with Crippen LogP contribution in [0.1, 0.15) is 48.7 Å². The first-order chi connectivity index (χ1) is 22.8. The Morgan fingerprint density at radius 1 is 0.660 bits per heavy atom. The minimum Gasteiger partial charge on any atom is -0.465 e. The van der Waals surface area contributed by atoms with Crippen LogP contribution in [0.3, 0.4) is 0 Å². The summed E-state index contributed by atoms with van der Waals surface area (Å²) in [6.45, 7) is 3.64. The number of rotatable bonds is 5. The van der Waals surface area contributed by atoms with Crippen LogP contribution in [0.2, 0.25) is 0 Å². The Balaban J connectivity index is 1.33. The highest BCUT2D eigenvalue weighted by molar-refractivity contribution is 6.12. The van der Waals surface area contributed by atoms with E-state index in [0.717, 1.165) is 51.4 Å². The summed E-state index contributed by atoms with van der Waals surface area (Å²) in [5, 5.41) is 9.71. The fourth-order valence-corrected chi connectivity index (χ4v) is 6.83. The van der Waals surface area contributed by atoms with Gasteiger partial charge in [0.1, 0.15) is 0 Å². The van der Waals surface area contributed by atoms with E-state index in [4.69, 9.17) is 0 Å². The molecule has 236 valence electrons. The molecule has 0 aliphatic carbocycles. The van der Waals surface area contributed by atoms with Gasteiger partial charge in [0.25, 0.3) is 11.8 Å². The maximum Gasteiger partial charge on any atom is 0.407 e. The summed E-state index contributed by atoms with van der Waals surface area (Å²) in [5.74, 6) is -0.274. The molecule has 1 aromatic heterocycles. The number of aromatic nitrogens is 1. The maximum atomic E-state index is 14.5. The predicted molar refractivity (Wildman–Crippen MR) is 182 cm³/mol. The summed E-state index contributed by atoms with van der Waals surface area (Å²) in [5.41, 5.74) is 9.08. The zero-order chi connectivity index (χ0) is 32.7. The Bertz CT molecular complexity index is 1960. The molecule has 5 aromatic rings. The molecule has 4 aromatic carbocycles. The molecule has 0 fully saturated rings. The van der Waals surface area contributed by atoms with Crippen molar-refractivity contribution in [2.75, 3.05) is 18.0 Å². The van der Waals surface area contributed by atoms with Crippen LogP contribution in [0.25, 0.3) is 11.3 Å². The van der Waals surface area contributed by atoms with Crippen molar-refractivity contribution >= 4 is 29.3 Å². The number of amides is 3. The van der Waals surface area contributed by atoms with Crippen LogP contribution in [-0.2, 0) is 33.0 Å². The number of carbonyl (C=O) groups excluding carboxylic acids is 2. The van der Waals surface area contributed by atoms with Gasteiger partial charge in [-0.05, 0) is 84.5 Å². The highest BCUT2D eigenvalue weighted by Gasteiger charge is 2.30. The largest absolute Gasteiger partial charge is 0.465 e. The maximum absolute atomic E-state index is 14.5.